The number of aliphatic imine (C=N–C) groups is 1. The number of aryl methyl sites for hydroxylation is 1. The maximum atomic E-state index is 12.1. The van der Waals surface area contributed by atoms with Gasteiger partial charge in [-0.3, -0.25) is 9.79 Å². The Morgan fingerprint density at radius 2 is 2.00 bits per heavy atom. The van der Waals surface area contributed by atoms with Crippen LogP contribution in [0.25, 0.3) is 0 Å². The highest BCUT2D eigenvalue weighted by atomic mass is 127. The SMILES string of the molecule is CCNC(=NCCc1csc(CC)n1)NCCc1cccc(C(=O)N(C)C)c1.I. The van der Waals surface area contributed by atoms with Crippen molar-refractivity contribution in [3.63, 3.8) is 0 Å². The quantitative estimate of drug-likeness (QED) is 0.297. The van der Waals surface area contributed by atoms with Crippen molar-refractivity contribution in [2.75, 3.05) is 33.7 Å². The standard InChI is InChI=1S/C21H31N5OS.HI/c1-5-19-25-18(15-28-19)11-13-24-21(22-6-2)23-12-10-16-8-7-9-17(14-16)20(27)26(3)4;/h7-9,14-15H,5-6,10-13H2,1-4H3,(H2,22,23,24);1H. The van der Waals surface area contributed by atoms with Gasteiger partial charge in [-0.05, 0) is 37.5 Å². The van der Waals surface area contributed by atoms with Gasteiger partial charge in [0.25, 0.3) is 5.91 Å². The largest absolute Gasteiger partial charge is 0.357 e. The number of carbonyl (C=O) groups excluding carboxylic acids is 1. The van der Waals surface area contributed by atoms with E-state index in [2.05, 4.69) is 39.8 Å². The molecule has 8 heteroatoms. The summed E-state index contributed by atoms with van der Waals surface area (Å²) in [7, 11) is 3.54. The lowest BCUT2D eigenvalue weighted by molar-refractivity contribution is 0.0827. The zero-order valence-corrected chi connectivity index (χ0v) is 20.8. The fourth-order valence-electron chi connectivity index (χ4n) is 2.69. The zero-order chi connectivity index (χ0) is 20.4. The number of hydrogen-bond acceptors (Lipinski definition) is 4. The molecule has 0 radical (unpaired) electrons. The third-order valence-corrected chi connectivity index (χ3v) is 5.21. The van der Waals surface area contributed by atoms with Crippen LogP contribution in [-0.4, -0.2) is 55.5 Å². The second-order valence-electron chi connectivity index (χ2n) is 6.67. The van der Waals surface area contributed by atoms with Crippen LogP contribution in [0, 0.1) is 0 Å². The fraction of sp³-hybridized carbons (Fsp3) is 0.476. The molecular weight excluding hydrogens is 497 g/mol. The van der Waals surface area contributed by atoms with Crippen LogP contribution in [0.4, 0.5) is 0 Å². The van der Waals surface area contributed by atoms with E-state index in [0.717, 1.165) is 55.1 Å². The summed E-state index contributed by atoms with van der Waals surface area (Å²) in [5.74, 6) is 0.840. The Bertz CT molecular complexity index is 791. The second-order valence-corrected chi connectivity index (χ2v) is 7.62. The summed E-state index contributed by atoms with van der Waals surface area (Å²) in [6, 6.07) is 7.80. The molecule has 6 nitrogen and oxygen atoms in total. The average Bonchev–Trinajstić information content (AvgIpc) is 3.15. The molecular formula is C21H32IN5OS. The molecule has 160 valence electrons. The first kappa shape index (κ1) is 25.4. The van der Waals surface area contributed by atoms with Gasteiger partial charge in [-0.15, -0.1) is 35.3 Å². The molecule has 2 rings (SSSR count). The zero-order valence-electron chi connectivity index (χ0n) is 17.7. The number of halogens is 1. The first-order valence-electron chi connectivity index (χ1n) is 9.79. The highest BCUT2D eigenvalue weighted by molar-refractivity contribution is 14.0. The third-order valence-electron chi connectivity index (χ3n) is 4.17. The summed E-state index contributed by atoms with van der Waals surface area (Å²) < 4.78 is 0. The molecule has 0 fully saturated rings. The van der Waals surface area contributed by atoms with Crippen LogP contribution in [0.15, 0.2) is 34.6 Å². The van der Waals surface area contributed by atoms with E-state index in [1.807, 2.05) is 24.3 Å². The summed E-state index contributed by atoms with van der Waals surface area (Å²) in [5, 5.41) is 9.95. The Hall–Kier alpha value is -1.68. The number of rotatable bonds is 9. The molecule has 1 aromatic heterocycles. The molecule has 0 aliphatic carbocycles. The van der Waals surface area contributed by atoms with Crippen LogP contribution in [0.5, 0.6) is 0 Å². The summed E-state index contributed by atoms with van der Waals surface area (Å²) >= 11 is 1.72. The van der Waals surface area contributed by atoms with Crippen molar-refractivity contribution in [1.82, 2.24) is 20.5 Å². The number of benzene rings is 1. The second kappa shape index (κ2) is 13.5. The molecule has 2 aromatic rings. The van der Waals surface area contributed by atoms with Crippen molar-refractivity contribution < 1.29 is 4.79 Å². The monoisotopic (exact) mass is 529 g/mol. The molecule has 2 N–H and O–H groups in total. The maximum Gasteiger partial charge on any atom is 0.253 e. The lowest BCUT2D eigenvalue weighted by Gasteiger charge is -2.13. The van der Waals surface area contributed by atoms with Gasteiger partial charge in [0.15, 0.2) is 5.96 Å². The lowest BCUT2D eigenvalue weighted by Crippen LogP contribution is -2.38. The van der Waals surface area contributed by atoms with Crippen LogP contribution in [0.3, 0.4) is 0 Å². The predicted octanol–water partition coefficient (Wildman–Crippen LogP) is 3.37. The summed E-state index contributed by atoms with van der Waals surface area (Å²) in [6.45, 7) is 6.45. The first-order valence-corrected chi connectivity index (χ1v) is 10.7. The molecule has 0 spiro atoms. The van der Waals surface area contributed by atoms with Crippen LogP contribution in [0.1, 0.15) is 40.5 Å². The van der Waals surface area contributed by atoms with Gasteiger partial charge in [-0.2, -0.15) is 0 Å². The molecule has 0 bridgehead atoms. The van der Waals surface area contributed by atoms with Crippen molar-refractivity contribution in [1.29, 1.82) is 0 Å². The van der Waals surface area contributed by atoms with Crippen molar-refractivity contribution in [2.24, 2.45) is 4.99 Å². The minimum absolute atomic E-state index is 0. The molecule has 0 unspecified atom stereocenters. The molecule has 0 aliphatic heterocycles. The summed E-state index contributed by atoms with van der Waals surface area (Å²) in [4.78, 5) is 22.9. The van der Waals surface area contributed by atoms with E-state index < -0.39 is 0 Å². The first-order chi connectivity index (χ1) is 13.5. The van der Waals surface area contributed by atoms with E-state index in [9.17, 15) is 4.79 Å². The highest BCUT2D eigenvalue weighted by Crippen LogP contribution is 2.10. The normalized spacial score (nSPS) is 11.0. The molecule has 1 aromatic carbocycles. The van der Waals surface area contributed by atoms with Crippen LogP contribution >= 0.6 is 35.3 Å². The van der Waals surface area contributed by atoms with E-state index >= 15 is 0 Å². The minimum Gasteiger partial charge on any atom is -0.357 e. The number of guanidine groups is 1. The van der Waals surface area contributed by atoms with Gasteiger partial charge >= 0.3 is 0 Å². The maximum absolute atomic E-state index is 12.1. The van der Waals surface area contributed by atoms with E-state index in [1.165, 1.54) is 5.01 Å². The van der Waals surface area contributed by atoms with Gasteiger partial charge in [0.2, 0.25) is 0 Å². The van der Waals surface area contributed by atoms with Gasteiger partial charge in [0, 0.05) is 51.1 Å². The van der Waals surface area contributed by atoms with E-state index in [-0.39, 0.29) is 29.9 Å². The molecule has 0 aliphatic rings. The van der Waals surface area contributed by atoms with Gasteiger partial charge in [-0.25, -0.2) is 4.98 Å². The Morgan fingerprint density at radius 1 is 1.21 bits per heavy atom. The van der Waals surface area contributed by atoms with Gasteiger partial charge in [-0.1, -0.05) is 19.1 Å². The highest BCUT2D eigenvalue weighted by Gasteiger charge is 2.08. The Kier molecular flexibility index (Phi) is 11.8. The minimum atomic E-state index is 0. The Morgan fingerprint density at radius 3 is 2.66 bits per heavy atom. The summed E-state index contributed by atoms with van der Waals surface area (Å²) in [6.07, 6.45) is 2.66. The van der Waals surface area contributed by atoms with Gasteiger partial charge in [0.05, 0.1) is 10.7 Å². The lowest BCUT2D eigenvalue weighted by atomic mass is 10.1. The van der Waals surface area contributed by atoms with Gasteiger partial charge < -0.3 is 15.5 Å². The average molecular weight is 529 g/mol. The number of thiazole rings is 1. The predicted molar refractivity (Wildman–Crippen MR) is 133 cm³/mol. The smallest absolute Gasteiger partial charge is 0.253 e. The number of aromatic nitrogens is 1. The molecule has 1 heterocycles. The molecule has 1 amide bonds. The van der Waals surface area contributed by atoms with Crippen molar-refractivity contribution in [3.8, 4) is 0 Å². The van der Waals surface area contributed by atoms with Gasteiger partial charge in [0.1, 0.15) is 0 Å². The number of nitrogens with zero attached hydrogens (tertiary/aromatic N) is 3. The molecule has 0 atom stereocenters. The molecule has 0 saturated carbocycles. The number of amides is 1. The Labute approximate surface area is 195 Å². The van der Waals surface area contributed by atoms with Crippen molar-refractivity contribution >= 4 is 47.2 Å². The Balaban J connectivity index is 0.00000420. The van der Waals surface area contributed by atoms with E-state index in [4.69, 9.17) is 0 Å². The van der Waals surface area contributed by atoms with E-state index in [1.54, 1.807) is 30.3 Å². The van der Waals surface area contributed by atoms with Crippen molar-refractivity contribution in [3.05, 3.63) is 51.5 Å². The van der Waals surface area contributed by atoms with Crippen LogP contribution in [0.2, 0.25) is 0 Å². The van der Waals surface area contributed by atoms with Crippen LogP contribution < -0.4 is 10.6 Å². The van der Waals surface area contributed by atoms with Crippen LogP contribution in [-0.2, 0) is 19.3 Å². The molecule has 29 heavy (non-hydrogen) atoms. The third kappa shape index (κ3) is 8.69. The van der Waals surface area contributed by atoms with E-state index in [0.29, 0.717) is 6.54 Å². The topological polar surface area (TPSA) is 69.6 Å². The summed E-state index contributed by atoms with van der Waals surface area (Å²) in [5.41, 5.74) is 2.97. The number of carbonyl (C=O) groups is 1. The fourth-order valence-corrected chi connectivity index (χ4v) is 3.47. The van der Waals surface area contributed by atoms with Crippen molar-refractivity contribution in [2.45, 2.75) is 33.1 Å². The number of hydrogen-bond donors (Lipinski definition) is 2. The molecule has 0 saturated heterocycles. The number of nitrogens with one attached hydrogen (secondary N) is 2.